The van der Waals surface area contributed by atoms with E-state index in [1.54, 1.807) is 12.1 Å². The first kappa shape index (κ1) is 18.4. The molecule has 0 bridgehead atoms. The lowest BCUT2D eigenvalue weighted by Crippen LogP contribution is -2.33. The summed E-state index contributed by atoms with van der Waals surface area (Å²) >= 11 is 0. The average molecular weight is 399 g/mol. The van der Waals surface area contributed by atoms with E-state index in [-0.39, 0.29) is 34.1 Å². The van der Waals surface area contributed by atoms with Crippen molar-refractivity contribution >= 4 is 27.6 Å². The highest BCUT2D eigenvalue weighted by Crippen LogP contribution is 2.32. The topological polar surface area (TPSA) is 97.8 Å². The van der Waals surface area contributed by atoms with Gasteiger partial charge in [0.15, 0.2) is 9.84 Å². The van der Waals surface area contributed by atoms with E-state index in [2.05, 4.69) is 0 Å². The zero-order valence-electron chi connectivity index (χ0n) is 14.8. The molecule has 2 aromatic carbocycles. The Morgan fingerprint density at radius 1 is 0.964 bits per heavy atom. The van der Waals surface area contributed by atoms with Crippen molar-refractivity contribution in [3.63, 3.8) is 0 Å². The van der Waals surface area contributed by atoms with Crippen LogP contribution in [0.15, 0.2) is 53.4 Å². The molecule has 1 heterocycles. The predicted octanol–water partition coefficient (Wildman–Crippen LogP) is 2.17. The summed E-state index contributed by atoms with van der Waals surface area (Å²) in [6, 6.07) is 12.2. The summed E-state index contributed by atoms with van der Waals surface area (Å²) in [5.74, 6) is -1.76. The number of imide groups is 1. The lowest BCUT2D eigenvalue weighted by molar-refractivity contribution is -0.167. The summed E-state index contributed by atoms with van der Waals surface area (Å²) < 4.78 is 24.5. The van der Waals surface area contributed by atoms with Crippen LogP contribution in [0.4, 0.5) is 0 Å². The van der Waals surface area contributed by atoms with E-state index in [9.17, 15) is 22.8 Å². The molecule has 0 N–H and O–H groups in total. The summed E-state index contributed by atoms with van der Waals surface area (Å²) in [5.41, 5.74) is 0.892. The number of nitrogens with zero attached hydrogens (tertiary/aromatic N) is 1. The molecule has 2 aliphatic rings. The van der Waals surface area contributed by atoms with Crippen molar-refractivity contribution in [3.05, 3.63) is 65.2 Å². The third-order valence-corrected chi connectivity index (χ3v) is 6.63. The van der Waals surface area contributed by atoms with Crippen LogP contribution in [-0.4, -0.2) is 37.0 Å². The van der Waals surface area contributed by atoms with Gasteiger partial charge in [0.05, 0.1) is 28.2 Å². The minimum atomic E-state index is -3.32. The zero-order valence-corrected chi connectivity index (χ0v) is 15.6. The summed E-state index contributed by atoms with van der Waals surface area (Å²) in [7, 11) is -3.32. The number of benzene rings is 2. The van der Waals surface area contributed by atoms with Gasteiger partial charge in [-0.3, -0.25) is 9.59 Å². The van der Waals surface area contributed by atoms with Crippen LogP contribution in [0.25, 0.3) is 0 Å². The number of rotatable bonds is 6. The highest BCUT2D eigenvalue weighted by atomic mass is 32.2. The standard InChI is InChI=1S/C20H17NO6S/c22-18(27-21-19(23)16-3-1-2-4-17(16)20(21)24)11-13-7-9-15(10-8-13)28(25,26)12-14-5-6-14/h1-4,7-10,14H,5-6,11-12H2. The van der Waals surface area contributed by atoms with Crippen molar-refractivity contribution in [1.29, 1.82) is 0 Å². The highest BCUT2D eigenvalue weighted by Gasteiger charge is 2.38. The molecule has 0 unspecified atom stereocenters. The van der Waals surface area contributed by atoms with Gasteiger partial charge in [0, 0.05) is 0 Å². The zero-order chi connectivity index (χ0) is 19.9. The second kappa shape index (κ2) is 6.87. The van der Waals surface area contributed by atoms with Gasteiger partial charge >= 0.3 is 5.97 Å². The number of amides is 2. The molecular weight excluding hydrogens is 382 g/mol. The Hall–Kier alpha value is -3.00. The average Bonchev–Trinajstić information content (AvgIpc) is 3.45. The first-order chi connectivity index (χ1) is 13.3. The molecular formula is C20H17NO6S. The molecule has 7 nitrogen and oxygen atoms in total. The number of sulfone groups is 1. The smallest absolute Gasteiger partial charge is 0.329 e. The van der Waals surface area contributed by atoms with E-state index in [0.29, 0.717) is 10.6 Å². The molecule has 2 aromatic rings. The molecule has 4 rings (SSSR count). The van der Waals surface area contributed by atoms with E-state index in [1.807, 2.05) is 0 Å². The van der Waals surface area contributed by atoms with Crippen molar-refractivity contribution < 1.29 is 27.6 Å². The molecule has 1 aliphatic carbocycles. The Morgan fingerprint density at radius 2 is 1.54 bits per heavy atom. The van der Waals surface area contributed by atoms with Crippen molar-refractivity contribution in [1.82, 2.24) is 5.06 Å². The second-order valence-corrected chi connectivity index (χ2v) is 8.99. The molecule has 0 spiro atoms. The molecule has 0 radical (unpaired) electrons. The van der Waals surface area contributed by atoms with Crippen LogP contribution in [-0.2, 0) is 25.9 Å². The van der Waals surface area contributed by atoms with Gasteiger partial charge in [0.25, 0.3) is 11.8 Å². The number of carbonyl (C=O) groups is 3. The van der Waals surface area contributed by atoms with Crippen LogP contribution in [0.3, 0.4) is 0 Å². The third-order valence-electron chi connectivity index (χ3n) is 4.73. The first-order valence-corrected chi connectivity index (χ1v) is 10.5. The molecule has 0 aromatic heterocycles. The minimum absolute atomic E-state index is 0.147. The van der Waals surface area contributed by atoms with Gasteiger partial charge in [0.2, 0.25) is 0 Å². The largest absolute Gasteiger partial charge is 0.337 e. The maximum absolute atomic E-state index is 12.3. The Balaban J connectivity index is 1.40. The Kier molecular flexibility index (Phi) is 4.50. The number of hydrogen-bond acceptors (Lipinski definition) is 6. The summed E-state index contributed by atoms with van der Waals surface area (Å²) in [5, 5.41) is 0.460. The lowest BCUT2D eigenvalue weighted by atomic mass is 10.1. The van der Waals surface area contributed by atoms with Gasteiger partial charge in [-0.05, 0) is 48.6 Å². The number of hydroxylamine groups is 2. The van der Waals surface area contributed by atoms with Gasteiger partial charge in [-0.2, -0.15) is 0 Å². The minimum Gasteiger partial charge on any atom is -0.329 e. The molecule has 2 amide bonds. The maximum Gasteiger partial charge on any atom is 0.337 e. The monoisotopic (exact) mass is 399 g/mol. The molecule has 1 fully saturated rings. The normalized spacial score (nSPS) is 16.2. The van der Waals surface area contributed by atoms with Crippen LogP contribution in [0.1, 0.15) is 39.1 Å². The number of fused-ring (bicyclic) bond motifs is 1. The SMILES string of the molecule is O=C(Cc1ccc(S(=O)(=O)CC2CC2)cc1)ON1C(=O)c2ccccc2C1=O. The van der Waals surface area contributed by atoms with Crippen LogP contribution in [0.2, 0.25) is 0 Å². The van der Waals surface area contributed by atoms with Crippen LogP contribution >= 0.6 is 0 Å². The van der Waals surface area contributed by atoms with Crippen molar-refractivity contribution in [2.24, 2.45) is 5.92 Å². The predicted molar refractivity (Wildman–Crippen MR) is 98.0 cm³/mol. The van der Waals surface area contributed by atoms with Gasteiger partial charge in [-0.1, -0.05) is 29.3 Å². The van der Waals surface area contributed by atoms with Gasteiger partial charge in [0.1, 0.15) is 0 Å². The molecule has 1 aliphatic heterocycles. The fraction of sp³-hybridized carbons (Fsp3) is 0.250. The van der Waals surface area contributed by atoms with Gasteiger partial charge < -0.3 is 4.84 Å². The Labute approximate surface area is 161 Å². The number of hydrogen-bond donors (Lipinski definition) is 0. The van der Waals surface area contributed by atoms with Crippen LogP contribution in [0.5, 0.6) is 0 Å². The molecule has 144 valence electrons. The lowest BCUT2D eigenvalue weighted by Gasteiger charge is -2.12. The van der Waals surface area contributed by atoms with E-state index in [4.69, 9.17) is 4.84 Å². The fourth-order valence-corrected chi connectivity index (χ4v) is 4.75. The highest BCUT2D eigenvalue weighted by molar-refractivity contribution is 7.91. The summed E-state index contributed by atoms with van der Waals surface area (Å²) in [4.78, 5) is 41.7. The van der Waals surface area contributed by atoms with Crippen LogP contribution in [0, 0.1) is 5.92 Å². The van der Waals surface area contributed by atoms with Gasteiger partial charge in [-0.15, -0.1) is 0 Å². The van der Waals surface area contributed by atoms with Gasteiger partial charge in [-0.25, -0.2) is 13.2 Å². The second-order valence-electron chi connectivity index (χ2n) is 6.96. The first-order valence-electron chi connectivity index (χ1n) is 8.85. The quantitative estimate of drug-likeness (QED) is 0.691. The van der Waals surface area contributed by atoms with Crippen molar-refractivity contribution in [2.75, 3.05) is 5.75 Å². The summed E-state index contributed by atoms with van der Waals surface area (Å²) in [6.07, 6.45) is 1.69. The van der Waals surface area contributed by atoms with E-state index in [1.165, 1.54) is 36.4 Å². The fourth-order valence-electron chi connectivity index (χ4n) is 3.06. The van der Waals surface area contributed by atoms with E-state index >= 15 is 0 Å². The molecule has 8 heteroatoms. The third kappa shape index (κ3) is 3.55. The molecule has 0 saturated heterocycles. The molecule has 0 atom stereocenters. The number of carbonyl (C=O) groups excluding carboxylic acids is 3. The maximum atomic E-state index is 12.3. The van der Waals surface area contributed by atoms with Crippen LogP contribution < -0.4 is 0 Å². The molecule has 1 saturated carbocycles. The summed E-state index contributed by atoms with van der Waals surface area (Å²) in [6.45, 7) is 0. The van der Waals surface area contributed by atoms with E-state index in [0.717, 1.165) is 12.8 Å². The van der Waals surface area contributed by atoms with E-state index < -0.39 is 27.6 Å². The Bertz CT molecular complexity index is 1040. The molecule has 28 heavy (non-hydrogen) atoms. The van der Waals surface area contributed by atoms with Crippen molar-refractivity contribution in [3.8, 4) is 0 Å². The van der Waals surface area contributed by atoms with Crippen molar-refractivity contribution in [2.45, 2.75) is 24.2 Å². The Morgan fingerprint density at radius 3 is 2.07 bits per heavy atom.